The van der Waals surface area contributed by atoms with Crippen molar-refractivity contribution in [2.24, 2.45) is 0 Å². The highest BCUT2D eigenvalue weighted by atomic mass is 16.5. The third-order valence-electron chi connectivity index (χ3n) is 5.14. The lowest BCUT2D eigenvalue weighted by molar-refractivity contribution is 0.102. The Hall–Kier alpha value is -4.12. The van der Waals surface area contributed by atoms with Crippen molar-refractivity contribution in [3.63, 3.8) is 0 Å². The molecule has 1 N–H and O–H groups in total. The van der Waals surface area contributed by atoms with Gasteiger partial charge in [-0.25, -0.2) is 4.98 Å². The number of amides is 1. The van der Waals surface area contributed by atoms with E-state index in [9.17, 15) is 4.79 Å². The van der Waals surface area contributed by atoms with Crippen LogP contribution in [0, 0.1) is 0 Å². The predicted octanol–water partition coefficient (Wildman–Crippen LogP) is 6.69. The van der Waals surface area contributed by atoms with Gasteiger partial charge in [0.1, 0.15) is 11.3 Å². The van der Waals surface area contributed by atoms with Gasteiger partial charge in [-0.15, -0.1) is 0 Å². The van der Waals surface area contributed by atoms with Gasteiger partial charge in [-0.05, 0) is 67.8 Å². The van der Waals surface area contributed by atoms with E-state index in [-0.39, 0.29) is 12.0 Å². The third-order valence-corrected chi connectivity index (χ3v) is 5.14. The predicted molar refractivity (Wildman–Crippen MR) is 127 cm³/mol. The molecule has 0 saturated heterocycles. The minimum Gasteiger partial charge on any atom is -0.491 e. The SMILES string of the molecule is CC(C)Oc1ccc(C(=O)Nc2cccc(-c3nc4c(ccc5ccccc54)o3)c2)cc1. The fraction of sp³-hybridized carbons (Fsp3) is 0.111. The molecule has 5 nitrogen and oxygen atoms in total. The maximum absolute atomic E-state index is 12.7. The van der Waals surface area contributed by atoms with E-state index in [1.54, 1.807) is 24.3 Å². The summed E-state index contributed by atoms with van der Waals surface area (Å²) in [5, 5.41) is 5.11. The second-order valence-electron chi connectivity index (χ2n) is 7.88. The summed E-state index contributed by atoms with van der Waals surface area (Å²) in [6.07, 6.45) is 0.0854. The van der Waals surface area contributed by atoms with E-state index < -0.39 is 0 Å². The van der Waals surface area contributed by atoms with E-state index in [1.165, 1.54) is 0 Å². The molecule has 1 amide bonds. The summed E-state index contributed by atoms with van der Waals surface area (Å²) >= 11 is 0. The third kappa shape index (κ3) is 3.93. The van der Waals surface area contributed by atoms with Gasteiger partial charge in [-0.1, -0.05) is 36.4 Å². The van der Waals surface area contributed by atoms with Crippen molar-refractivity contribution in [2.75, 3.05) is 5.32 Å². The highest BCUT2D eigenvalue weighted by Gasteiger charge is 2.13. The Balaban J connectivity index is 1.40. The average molecular weight is 422 g/mol. The van der Waals surface area contributed by atoms with Crippen molar-refractivity contribution in [3.8, 4) is 17.2 Å². The second-order valence-corrected chi connectivity index (χ2v) is 7.88. The molecule has 0 saturated carbocycles. The summed E-state index contributed by atoms with van der Waals surface area (Å²) < 4.78 is 11.6. The van der Waals surface area contributed by atoms with Gasteiger partial charge in [0.05, 0.1) is 6.10 Å². The summed E-state index contributed by atoms with van der Waals surface area (Å²) in [6, 6.07) is 26.7. The number of nitrogens with one attached hydrogen (secondary N) is 1. The number of nitrogens with zero attached hydrogens (tertiary/aromatic N) is 1. The van der Waals surface area contributed by atoms with Crippen LogP contribution in [0.25, 0.3) is 33.3 Å². The first-order valence-corrected chi connectivity index (χ1v) is 10.5. The van der Waals surface area contributed by atoms with Crippen molar-refractivity contribution < 1.29 is 13.9 Å². The molecule has 1 heterocycles. The second kappa shape index (κ2) is 8.19. The first-order valence-electron chi connectivity index (χ1n) is 10.5. The van der Waals surface area contributed by atoms with Gasteiger partial charge in [0, 0.05) is 22.2 Å². The molecule has 5 rings (SSSR count). The van der Waals surface area contributed by atoms with Crippen LogP contribution in [0.15, 0.2) is 89.3 Å². The van der Waals surface area contributed by atoms with Gasteiger partial charge < -0.3 is 14.5 Å². The number of oxazole rings is 1. The van der Waals surface area contributed by atoms with Crippen LogP contribution in [0.4, 0.5) is 5.69 Å². The van der Waals surface area contributed by atoms with Crippen LogP contribution in [0.1, 0.15) is 24.2 Å². The van der Waals surface area contributed by atoms with Crippen LogP contribution in [0.3, 0.4) is 0 Å². The van der Waals surface area contributed by atoms with Crippen LogP contribution in [-0.4, -0.2) is 17.0 Å². The number of fused-ring (bicyclic) bond motifs is 3. The standard InChI is InChI=1S/C27H22N2O3/c1-17(2)31-22-13-10-19(11-14-22)26(30)28-21-8-5-7-20(16-21)27-29-25-23-9-4-3-6-18(23)12-15-24(25)32-27/h3-17H,1-2H3,(H,28,30). The first kappa shape index (κ1) is 19.8. The zero-order valence-corrected chi connectivity index (χ0v) is 17.8. The van der Waals surface area contributed by atoms with Gasteiger partial charge in [0.2, 0.25) is 5.89 Å². The van der Waals surface area contributed by atoms with E-state index in [1.807, 2.05) is 68.4 Å². The Bertz CT molecular complexity index is 1420. The first-order chi connectivity index (χ1) is 15.6. The topological polar surface area (TPSA) is 64.4 Å². The smallest absolute Gasteiger partial charge is 0.255 e. The maximum Gasteiger partial charge on any atom is 0.255 e. The highest BCUT2D eigenvalue weighted by Crippen LogP contribution is 2.30. The fourth-order valence-electron chi connectivity index (χ4n) is 3.68. The number of carbonyl (C=O) groups excluding carboxylic acids is 1. The summed E-state index contributed by atoms with van der Waals surface area (Å²) in [5.74, 6) is 1.06. The van der Waals surface area contributed by atoms with Gasteiger partial charge in [-0.2, -0.15) is 0 Å². The molecule has 0 unspecified atom stereocenters. The highest BCUT2D eigenvalue weighted by molar-refractivity contribution is 6.05. The summed E-state index contributed by atoms with van der Waals surface area (Å²) in [7, 11) is 0. The van der Waals surface area contributed by atoms with Gasteiger partial charge in [-0.3, -0.25) is 4.79 Å². The normalized spacial score (nSPS) is 11.2. The zero-order valence-electron chi connectivity index (χ0n) is 17.8. The van der Waals surface area contributed by atoms with Gasteiger partial charge in [0.25, 0.3) is 5.91 Å². The van der Waals surface area contributed by atoms with Crippen molar-refractivity contribution in [1.82, 2.24) is 4.98 Å². The molecule has 0 fully saturated rings. The Morgan fingerprint density at radius 2 is 1.75 bits per heavy atom. The molecular weight excluding hydrogens is 400 g/mol. The maximum atomic E-state index is 12.7. The molecule has 0 radical (unpaired) electrons. The zero-order chi connectivity index (χ0) is 22.1. The largest absolute Gasteiger partial charge is 0.491 e. The van der Waals surface area contributed by atoms with Crippen LogP contribution in [0.5, 0.6) is 5.75 Å². The Morgan fingerprint density at radius 1 is 0.938 bits per heavy atom. The number of anilines is 1. The molecule has 0 aliphatic heterocycles. The molecule has 158 valence electrons. The molecule has 0 aliphatic rings. The van der Waals surface area contributed by atoms with E-state index in [0.29, 0.717) is 17.1 Å². The summed E-state index contributed by atoms with van der Waals surface area (Å²) in [5.41, 5.74) is 3.58. The molecule has 0 spiro atoms. The Morgan fingerprint density at radius 3 is 2.56 bits per heavy atom. The lowest BCUT2D eigenvalue weighted by Gasteiger charge is -2.10. The summed E-state index contributed by atoms with van der Waals surface area (Å²) in [6.45, 7) is 3.93. The molecule has 0 aliphatic carbocycles. The van der Waals surface area contributed by atoms with E-state index >= 15 is 0 Å². The van der Waals surface area contributed by atoms with Crippen LogP contribution in [0.2, 0.25) is 0 Å². The number of ether oxygens (including phenoxy) is 1. The Labute approximate surface area is 185 Å². The quantitative estimate of drug-likeness (QED) is 0.343. The van der Waals surface area contributed by atoms with Crippen LogP contribution in [-0.2, 0) is 0 Å². The Kier molecular flexibility index (Phi) is 5.07. The van der Waals surface area contributed by atoms with Crippen molar-refractivity contribution in [1.29, 1.82) is 0 Å². The number of hydrogen-bond acceptors (Lipinski definition) is 4. The lowest BCUT2D eigenvalue weighted by atomic mass is 10.1. The molecule has 0 bridgehead atoms. The van der Waals surface area contributed by atoms with Crippen molar-refractivity contribution in [3.05, 3.63) is 90.5 Å². The molecule has 5 heteroatoms. The van der Waals surface area contributed by atoms with Crippen LogP contribution >= 0.6 is 0 Å². The molecule has 32 heavy (non-hydrogen) atoms. The van der Waals surface area contributed by atoms with E-state index in [0.717, 1.165) is 33.2 Å². The molecule has 4 aromatic carbocycles. The number of benzene rings is 4. The average Bonchev–Trinajstić information content (AvgIpc) is 3.24. The minimum absolute atomic E-state index is 0.0854. The number of carbonyl (C=O) groups is 1. The number of rotatable bonds is 5. The monoisotopic (exact) mass is 422 g/mol. The molecule has 0 atom stereocenters. The number of hydrogen-bond donors (Lipinski definition) is 1. The van der Waals surface area contributed by atoms with E-state index in [2.05, 4.69) is 11.4 Å². The van der Waals surface area contributed by atoms with Gasteiger partial charge >= 0.3 is 0 Å². The molecule has 5 aromatic rings. The molecular formula is C27H22N2O3. The van der Waals surface area contributed by atoms with Gasteiger partial charge in [0.15, 0.2) is 5.58 Å². The molecule has 1 aromatic heterocycles. The van der Waals surface area contributed by atoms with Crippen molar-refractivity contribution in [2.45, 2.75) is 20.0 Å². The van der Waals surface area contributed by atoms with Crippen LogP contribution < -0.4 is 10.1 Å². The van der Waals surface area contributed by atoms with E-state index in [4.69, 9.17) is 14.1 Å². The lowest BCUT2D eigenvalue weighted by Crippen LogP contribution is -2.12. The van der Waals surface area contributed by atoms with Crippen molar-refractivity contribution >= 4 is 33.5 Å². The fourth-order valence-corrected chi connectivity index (χ4v) is 3.68. The summed E-state index contributed by atoms with van der Waals surface area (Å²) in [4.78, 5) is 17.4. The number of aromatic nitrogens is 1. The minimum atomic E-state index is -0.193.